The van der Waals surface area contributed by atoms with Gasteiger partial charge >= 0.3 is 0 Å². The molecule has 0 amide bonds. The van der Waals surface area contributed by atoms with Crippen molar-refractivity contribution in [3.05, 3.63) is 46.2 Å². The fourth-order valence-corrected chi connectivity index (χ4v) is 5.11. The maximum absolute atomic E-state index is 12.8. The Kier molecular flexibility index (Phi) is 5.20. The van der Waals surface area contributed by atoms with Gasteiger partial charge in [-0.3, -0.25) is 9.58 Å². The molecule has 8 heteroatoms. The first kappa shape index (κ1) is 18.4. The Morgan fingerprint density at radius 1 is 1.12 bits per heavy atom. The number of aromatic nitrogens is 2. The van der Waals surface area contributed by atoms with Crippen molar-refractivity contribution in [1.82, 2.24) is 19.0 Å². The lowest BCUT2D eigenvalue weighted by Crippen LogP contribution is -2.48. The molecule has 3 rings (SSSR count). The van der Waals surface area contributed by atoms with Crippen molar-refractivity contribution >= 4 is 21.6 Å². The summed E-state index contributed by atoms with van der Waals surface area (Å²) >= 11 is 6.08. The maximum atomic E-state index is 12.8. The highest BCUT2D eigenvalue weighted by Crippen LogP contribution is 2.25. The summed E-state index contributed by atoms with van der Waals surface area (Å²) in [7, 11) is -1.60. The Morgan fingerprint density at radius 3 is 2.32 bits per heavy atom. The zero-order chi connectivity index (χ0) is 18.2. The molecule has 2 heterocycles. The fourth-order valence-electron chi connectivity index (χ4n) is 3.19. The molecule has 0 atom stereocenters. The molecule has 1 saturated heterocycles. The van der Waals surface area contributed by atoms with Crippen LogP contribution in [0.25, 0.3) is 0 Å². The van der Waals surface area contributed by atoms with Crippen LogP contribution in [-0.2, 0) is 23.6 Å². The second-order valence-electron chi connectivity index (χ2n) is 6.38. The second kappa shape index (κ2) is 7.07. The molecule has 6 nitrogen and oxygen atoms in total. The van der Waals surface area contributed by atoms with Gasteiger partial charge in [-0.1, -0.05) is 23.7 Å². The van der Waals surface area contributed by atoms with Crippen LogP contribution in [-0.4, -0.2) is 53.6 Å². The zero-order valence-electron chi connectivity index (χ0n) is 14.7. The summed E-state index contributed by atoms with van der Waals surface area (Å²) in [5.74, 6) is 0. The lowest BCUT2D eigenvalue weighted by Gasteiger charge is -2.34. The van der Waals surface area contributed by atoms with Gasteiger partial charge in [0.25, 0.3) is 0 Å². The third-order valence-corrected chi connectivity index (χ3v) is 7.22. The number of benzene rings is 1. The van der Waals surface area contributed by atoms with Gasteiger partial charge in [-0.15, -0.1) is 0 Å². The van der Waals surface area contributed by atoms with Crippen molar-refractivity contribution in [2.45, 2.75) is 25.3 Å². The zero-order valence-corrected chi connectivity index (χ0v) is 16.3. The van der Waals surface area contributed by atoms with Crippen molar-refractivity contribution < 1.29 is 8.42 Å². The summed E-state index contributed by atoms with van der Waals surface area (Å²) in [6.45, 7) is 7.19. The molecule has 0 aliphatic carbocycles. The molecule has 0 N–H and O–H groups in total. The molecule has 0 radical (unpaired) electrons. The third-order valence-electron chi connectivity index (χ3n) is 4.83. The molecule has 1 aliphatic rings. The number of rotatable bonds is 4. The lowest BCUT2D eigenvalue weighted by molar-refractivity contribution is 0.181. The maximum Gasteiger partial charge on any atom is 0.244 e. The van der Waals surface area contributed by atoms with Gasteiger partial charge in [-0.2, -0.15) is 9.40 Å². The van der Waals surface area contributed by atoms with Crippen LogP contribution < -0.4 is 0 Å². The highest BCUT2D eigenvalue weighted by molar-refractivity contribution is 7.89. The molecule has 25 heavy (non-hydrogen) atoms. The van der Waals surface area contributed by atoms with Crippen molar-refractivity contribution in [2.75, 3.05) is 26.2 Å². The number of piperazine rings is 1. The molecule has 1 aliphatic heterocycles. The minimum absolute atomic E-state index is 0.184. The largest absolute Gasteiger partial charge is 0.296 e. The molecule has 1 aromatic carbocycles. The summed E-state index contributed by atoms with van der Waals surface area (Å²) < 4.78 is 29.0. The smallest absolute Gasteiger partial charge is 0.244 e. The Balaban J connectivity index is 1.69. The Bertz CT molecular complexity index is 871. The van der Waals surface area contributed by atoms with E-state index in [0.29, 0.717) is 26.2 Å². The fraction of sp³-hybridized carbons (Fsp3) is 0.471. The van der Waals surface area contributed by atoms with Crippen LogP contribution in [0.15, 0.2) is 29.2 Å². The van der Waals surface area contributed by atoms with Gasteiger partial charge in [0.05, 0.1) is 10.7 Å². The Labute approximate surface area is 154 Å². The van der Waals surface area contributed by atoms with Crippen molar-refractivity contribution in [2.24, 2.45) is 7.05 Å². The summed E-state index contributed by atoms with van der Waals surface area (Å²) in [5, 5.41) is 4.72. The number of aryl methyl sites for hydroxylation is 2. The quantitative estimate of drug-likeness (QED) is 0.813. The molecule has 1 aromatic heterocycles. The number of hydrogen-bond acceptors (Lipinski definition) is 4. The van der Waals surface area contributed by atoms with Gasteiger partial charge in [-0.25, -0.2) is 8.42 Å². The van der Waals surface area contributed by atoms with E-state index in [1.54, 1.807) is 24.3 Å². The van der Waals surface area contributed by atoms with Gasteiger partial charge in [0.15, 0.2) is 0 Å². The minimum Gasteiger partial charge on any atom is -0.296 e. The SMILES string of the molecule is Cc1nn(C)c(C)c1CN1CCN(S(=O)(=O)c2ccccc2Cl)CC1. The highest BCUT2D eigenvalue weighted by Gasteiger charge is 2.30. The summed E-state index contributed by atoms with van der Waals surface area (Å²) in [6.07, 6.45) is 0. The first-order valence-corrected chi connectivity index (χ1v) is 10.1. The van der Waals surface area contributed by atoms with Gasteiger partial charge < -0.3 is 0 Å². The number of nitrogens with zero attached hydrogens (tertiary/aromatic N) is 4. The molecular formula is C17H23ClN4O2S. The van der Waals surface area contributed by atoms with Crippen molar-refractivity contribution in [1.29, 1.82) is 0 Å². The molecule has 0 saturated carbocycles. The van der Waals surface area contributed by atoms with E-state index in [0.717, 1.165) is 17.9 Å². The number of halogens is 1. The topological polar surface area (TPSA) is 58.4 Å². The second-order valence-corrected chi connectivity index (χ2v) is 8.70. The van der Waals surface area contributed by atoms with E-state index < -0.39 is 10.0 Å². The van der Waals surface area contributed by atoms with E-state index in [1.165, 1.54) is 9.87 Å². The standard InChI is InChI=1S/C17H23ClN4O2S/c1-13-15(14(2)20(3)19-13)12-21-8-10-22(11-9-21)25(23,24)17-7-5-4-6-16(17)18/h4-7H,8-12H2,1-3H3. The predicted octanol–water partition coefficient (Wildman–Crippen LogP) is 2.20. The van der Waals surface area contributed by atoms with Crippen molar-refractivity contribution in [3.63, 3.8) is 0 Å². The molecular weight excluding hydrogens is 360 g/mol. The molecule has 1 fully saturated rings. The van der Waals surface area contributed by atoms with E-state index in [-0.39, 0.29) is 9.92 Å². The van der Waals surface area contributed by atoms with Gasteiger partial charge in [0, 0.05) is 51.0 Å². The van der Waals surface area contributed by atoms with E-state index in [1.807, 2.05) is 18.7 Å². The molecule has 0 unspecified atom stereocenters. The molecule has 0 bridgehead atoms. The van der Waals surface area contributed by atoms with Crippen LogP contribution >= 0.6 is 11.6 Å². The monoisotopic (exact) mass is 382 g/mol. The first-order valence-electron chi connectivity index (χ1n) is 8.27. The van der Waals surface area contributed by atoms with Crippen LogP contribution in [0, 0.1) is 13.8 Å². The predicted molar refractivity (Wildman–Crippen MR) is 98.2 cm³/mol. The summed E-state index contributed by atoms with van der Waals surface area (Å²) in [5.41, 5.74) is 3.42. The average Bonchev–Trinajstić information content (AvgIpc) is 2.82. The number of hydrogen-bond donors (Lipinski definition) is 0. The highest BCUT2D eigenvalue weighted by atomic mass is 35.5. The van der Waals surface area contributed by atoms with E-state index >= 15 is 0 Å². The van der Waals surface area contributed by atoms with Gasteiger partial charge in [0.1, 0.15) is 4.90 Å². The summed E-state index contributed by atoms with van der Waals surface area (Å²) in [4.78, 5) is 2.46. The Morgan fingerprint density at radius 2 is 1.76 bits per heavy atom. The van der Waals surface area contributed by atoms with Crippen LogP contribution in [0.2, 0.25) is 5.02 Å². The van der Waals surface area contributed by atoms with E-state index in [4.69, 9.17) is 11.6 Å². The minimum atomic E-state index is -3.54. The van der Waals surface area contributed by atoms with Gasteiger partial charge in [0.2, 0.25) is 10.0 Å². The van der Waals surface area contributed by atoms with E-state index in [9.17, 15) is 8.42 Å². The van der Waals surface area contributed by atoms with Gasteiger partial charge in [-0.05, 0) is 26.0 Å². The van der Waals surface area contributed by atoms with Crippen LogP contribution in [0.5, 0.6) is 0 Å². The summed E-state index contributed by atoms with van der Waals surface area (Å²) in [6, 6.07) is 6.60. The van der Waals surface area contributed by atoms with Crippen LogP contribution in [0.1, 0.15) is 17.0 Å². The lowest BCUT2D eigenvalue weighted by atomic mass is 10.1. The molecule has 136 valence electrons. The first-order chi connectivity index (χ1) is 11.8. The van der Waals surface area contributed by atoms with Crippen LogP contribution in [0.4, 0.5) is 0 Å². The molecule has 0 spiro atoms. The van der Waals surface area contributed by atoms with Crippen molar-refractivity contribution in [3.8, 4) is 0 Å². The average molecular weight is 383 g/mol. The van der Waals surface area contributed by atoms with Crippen LogP contribution in [0.3, 0.4) is 0 Å². The normalized spacial score (nSPS) is 17.1. The molecule has 2 aromatic rings. The third kappa shape index (κ3) is 3.60. The number of sulfonamides is 1. The van der Waals surface area contributed by atoms with E-state index in [2.05, 4.69) is 16.9 Å². The Hall–Kier alpha value is -1.41.